The van der Waals surface area contributed by atoms with E-state index < -0.39 is 0 Å². The van der Waals surface area contributed by atoms with Crippen LogP contribution in [0.3, 0.4) is 0 Å². The van der Waals surface area contributed by atoms with Crippen molar-refractivity contribution in [1.29, 1.82) is 0 Å². The van der Waals surface area contributed by atoms with Crippen molar-refractivity contribution in [3.63, 3.8) is 0 Å². The van der Waals surface area contributed by atoms with Crippen LogP contribution in [0.2, 0.25) is 0 Å². The minimum Gasteiger partial charge on any atom is -0.367 e. The normalized spacial score (nSPS) is 10.0. The number of rotatable bonds is 7. The number of nitrogens with zero attached hydrogens (tertiary/aromatic N) is 1. The highest BCUT2D eigenvalue weighted by molar-refractivity contribution is 5.94. The molecule has 0 unspecified atom stereocenters. The number of carbonyl (C=O) groups is 1. The molecule has 0 saturated carbocycles. The van der Waals surface area contributed by atoms with Crippen LogP contribution in [-0.4, -0.2) is 24.0 Å². The van der Waals surface area contributed by atoms with Gasteiger partial charge in [-0.3, -0.25) is 4.79 Å². The number of nitrogens with one attached hydrogen (secondary N) is 2. The molecule has 114 valence electrons. The summed E-state index contributed by atoms with van der Waals surface area (Å²) in [4.78, 5) is 16.1. The second-order valence-corrected chi connectivity index (χ2v) is 4.73. The summed E-state index contributed by atoms with van der Waals surface area (Å²) in [6, 6.07) is 9.71. The summed E-state index contributed by atoms with van der Waals surface area (Å²) in [5, 5.41) is 5.85. The molecule has 0 aliphatic rings. The second kappa shape index (κ2) is 7.93. The van der Waals surface area contributed by atoms with Gasteiger partial charge in [-0.1, -0.05) is 18.2 Å². The maximum atomic E-state index is 12.8. The third kappa shape index (κ3) is 4.70. The van der Waals surface area contributed by atoms with Gasteiger partial charge in [0.1, 0.15) is 11.6 Å². The van der Waals surface area contributed by atoms with Gasteiger partial charge in [-0.05, 0) is 36.2 Å². The van der Waals surface area contributed by atoms with Crippen LogP contribution in [0.25, 0.3) is 0 Å². The molecule has 4 nitrogen and oxygen atoms in total. The van der Waals surface area contributed by atoms with Gasteiger partial charge in [-0.25, -0.2) is 9.37 Å². The lowest BCUT2D eigenvalue weighted by molar-refractivity contribution is 0.0954. The number of aromatic nitrogens is 1. The zero-order chi connectivity index (χ0) is 15.8. The summed E-state index contributed by atoms with van der Waals surface area (Å²) in [7, 11) is 0. The van der Waals surface area contributed by atoms with Gasteiger partial charge in [0.2, 0.25) is 0 Å². The average molecular weight is 299 g/mol. The van der Waals surface area contributed by atoms with E-state index in [1.165, 1.54) is 18.3 Å². The van der Waals surface area contributed by atoms with E-state index in [1.54, 1.807) is 30.3 Å². The molecule has 1 aromatic heterocycles. The van der Waals surface area contributed by atoms with Gasteiger partial charge in [0.15, 0.2) is 0 Å². The Labute approximate surface area is 129 Å². The zero-order valence-electron chi connectivity index (χ0n) is 12.2. The summed E-state index contributed by atoms with van der Waals surface area (Å²) in [6.07, 6.45) is 3.91. The molecular weight excluding hydrogens is 281 g/mol. The molecule has 1 amide bonds. The molecule has 0 bridgehead atoms. The molecule has 0 atom stereocenters. The molecule has 0 aliphatic carbocycles. The molecule has 1 heterocycles. The van der Waals surface area contributed by atoms with Crippen molar-refractivity contribution in [1.82, 2.24) is 10.3 Å². The SMILES string of the molecule is C=CCNc1ccc(C(=O)NCCc2ccc(F)cc2)cn1. The molecule has 22 heavy (non-hydrogen) atoms. The van der Waals surface area contributed by atoms with E-state index in [4.69, 9.17) is 0 Å². The first-order valence-electron chi connectivity index (χ1n) is 7.02. The van der Waals surface area contributed by atoms with Crippen LogP contribution in [0.5, 0.6) is 0 Å². The Balaban J connectivity index is 1.81. The fourth-order valence-corrected chi connectivity index (χ4v) is 1.88. The monoisotopic (exact) mass is 299 g/mol. The van der Waals surface area contributed by atoms with E-state index in [0.717, 1.165) is 5.56 Å². The molecule has 0 radical (unpaired) electrons. The van der Waals surface area contributed by atoms with Gasteiger partial charge in [-0.15, -0.1) is 6.58 Å². The van der Waals surface area contributed by atoms with Gasteiger partial charge >= 0.3 is 0 Å². The topological polar surface area (TPSA) is 54.0 Å². The van der Waals surface area contributed by atoms with Crippen LogP contribution in [0, 0.1) is 5.82 Å². The van der Waals surface area contributed by atoms with E-state index >= 15 is 0 Å². The molecule has 5 heteroatoms. The molecule has 2 N–H and O–H groups in total. The number of amides is 1. The molecule has 0 aliphatic heterocycles. The standard InChI is InChI=1S/C17H18FN3O/c1-2-10-19-16-8-5-14(12-21-16)17(22)20-11-9-13-3-6-15(18)7-4-13/h2-8,12H,1,9-11H2,(H,19,21)(H,20,22). The van der Waals surface area contributed by atoms with Crippen molar-refractivity contribution in [3.8, 4) is 0 Å². The molecular formula is C17H18FN3O. The highest BCUT2D eigenvalue weighted by Gasteiger charge is 2.05. The fourth-order valence-electron chi connectivity index (χ4n) is 1.88. The predicted octanol–water partition coefficient (Wildman–Crippen LogP) is 2.79. The van der Waals surface area contributed by atoms with Gasteiger partial charge < -0.3 is 10.6 Å². The highest BCUT2D eigenvalue weighted by atomic mass is 19.1. The minimum atomic E-state index is -0.260. The maximum Gasteiger partial charge on any atom is 0.252 e. The predicted molar refractivity (Wildman–Crippen MR) is 85.4 cm³/mol. The number of hydrogen-bond donors (Lipinski definition) is 2. The Morgan fingerprint density at radius 2 is 2.00 bits per heavy atom. The first-order valence-corrected chi connectivity index (χ1v) is 7.02. The van der Waals surface area contributed by atoms with Crippen LogP contribution < -0.4 is 10.6 Å². The molecule has 0 saturated heterocycles. The van der Waals surface area contributed by atoms with Crippen LogP contribution in [-0.2, 0) is 6.42 Å². The molecule has 2 rings (SSSR count). The lowest BCUT2D eigenvalue weighted by atomic mass is 10.1. The third-order valence-corrected chi connectivity index (χ3v) is 3.07. The summed E-state index contributed by atoms with van der Waals surface area (Å²) >= 11 is 0. The highest BCUT2D eigenvalue weighted by Crippen LogP contribution is 2.06. The number of benzene rings is 1. The number of halogens is 1. The Morgan fingerprint density at radius 1 is 1.23 bits per heavy atom. The molecule has 0 spiro atoms. The number of hydrogen-bond acceptors (Lipinski definition) is 3. The summed E-state index contributed by atoms with van der Waals surface area (Å²) in [5.74, 6) is 0.261. The van der Waals surface area contributed by atoms with Crippen LogP contribution in [0.15, 0.2) is 55.3 Å². The number of carbonyl (C=O) groups excluding carboxylic acids is 1. The second-order valence-electron chi connectivity index (χ2n) is 4.73. The van der Waals surface area contributed by atoms with E-state index in [-0.39, 0.29) is 11.7 Å². The van der Waals surface area contributed by atoms with E-state index in [9.17, 15) is 9.18 Å². The van der Waals surface area contributed by atoms with Crippen LogP contribution >= 0.6 is 0 Å². The minimum absolute atomic E-state index is 0.176. The summed E-state index contributed by atoms with van der Waals surface area (Å²) < 4.78 is 12.8. The Morgan fingerprint density at radius 3 is 2.64 bits per heavy atom. The van der Waals surface area contributed by atoms with Crippen molar-refractivity contribution in [2.24, 2.45) is 0 Å². The summed E-state index contributed by atoms with van der Waals surface area (Å²) in [6.45, 7) is 4.72. The van der Waals surface area contributed by atoms with E-state index in [0.29, 0.717) is 30.9 Å². The first kappa shape index (κ1) is 15.7. The zero-order valence-corrected chi connectivity index (χ0v) is 12.2. The van der Waals surface area contributed by atoms with Gasteiger partial charge in [-0.2, -0.15) is 0 Å². The fraction of sp³-hybridized carbons (Fsp3) is 0.176. The molecule has 0 fully saturated rings. The average Bonchev–Trinajstić information content (AvgIpc) is 2.55. The van der Waals surface area contributed by atoms with Crippen molar-refractivity contribution in [2.75, 3.05) is 18.4 Å². The number of pyridine rings is 1. The van der Waals surface area contributed by atoms with Crippen molar-refractivity contribution in [3.05, 3.63) is 72.2 Å². The van der Waals surface area contributed by atoms with Crippen molar-refractivity contribution < 1.29 is 9.18 Å². The van der Waals surface area contributed by atoms with E-state index in [1.807, 2.05) is 0 Å². The van der Waals surface area contributed by atoms with Crippen molar-refractivity contribution in [2.45, 2.75) is 6.42 Å². The third-order valence-electron chi connectivity index (χ3n) is 3.07. The Hall–Kier alpha value is -2.69. The Bertz CT molecular complexity index is 623. The lowest BCUT2D eigenvalue weighted by Crippen LogP contribution is -2.25. The number of anilines is 1. The smallest absolute Gasteiger partial charge is 0.252 e. The summed E-state index contributed by atoms with van der Waals surface area (Å²) in [5.41, 5.74) is 1.48. The van der Waals surface area contributed by atoms with Crippen LogP contribution in [0.4, 0.5) is 10.2 Å². The quantitative estimate of drug-likeness (QED) is 0.773. The van der Waals surface area contributed by atoms with Crippen LogP contribution in [0.1, 0.15) is 15.9 Å². The van der Waals surface area contributed by atoms with Gasteiger partial charge in [0, 0.05) is 19.3 Å². The lowest BCUT2D eigenvalue weighted by Gasteiger charge is -2.06. The van der Waals surface area contributed by atoms with Gasteiger partial charge in [0.25, 0.3) is 5.91 Å². The van der Waals surface area contributed by atoms with E-state index in [2.05, 4.69) is 22.2 Å². The first-order chi connectivity index (χ1) is 10.7. The van der Waals surface area contributed by atoms with Gasteiger partial charge in [0.05, 0.1) is 5.56 Å². The molecule has 1 aromatic carbocycles. The maximum absolute atomic E-state index is 12.8. The molecule has 2 aromatic rings. The Kier molecular flexibility index (Phi) is 5.65. The van der Waals surface area contributed by atoms with Crippen molar-refractivity contribution >= 4 is 11.7 Å². The largest absolute Gasteiger partial charge is 0.367 e.